The SMILES string of the molecule is C=CCC(=O)N1CCC2(CCCN(Cc3ccc(F)c(F)c3)C2=O)C1. The van der Waals surface area contributed by atoms with Crippen molar-refractivity contribution in [2.24, 2.45) is 5.41 Å². The number of piperidine rings is 1. The van der Waals surface area contributed by atoms with E-state index >= 15 is 0 Å². The summed E-state index contributed by atoms with van der Waals surface area (Å²) in [4.78, 5) is 28.5. The molecule has 25 heavy (non-hydrogen) atoms. The van der Waals surface area contributed by atoms with Gasteiger partial charge in [-0.15, -0.1) is 6.58 Å². The van der Waals surface area contributed by atoms with Gasteiger partial charge in [0.25, 0.3) is 0 Å². The van der Waals surface area contributed by atoms with Crippen LogP contribution in [0.5, 0.6) is 0 Å². The topological polar surface area (TPSA) is 40.6 Å². The first-order valence-corrected chi connectivity index (χ1v) is 8.57. The average Bonchev–Trinajstić information content (AvgIpc) is 3.01. The molecule has 0 aromatic heterocycles. The Balaban J connectivity index is 1.72. The number of halogens is 2. The van der Waals surface area contributed by atoms with E-state index in [-0.39, 0.29) is 24.8 Å². The fourth-order valence-electron chi connectivity index (χ4n) is 3.88. The molecule has 2 amide bonds. The molecule has 2 fully saturated rings. The van der Waals surface area contributed by atoms with Gasteiger partial charge in [0.05, 0.1) is 5.41 Å². The summed E-state index contributed by atoms with van der Waals surface area (Å²) in [6.45, 7) is 5.46. The minimum Gasteiger partial charge on any atom is -0.341 e. The Morgan fingerprint density at radius 3 is 2.76 bits per heavy atom. The number of hydrogen-bond donors (Lipinski definition) is 0. The molecule has 1 spiro atoms. The molecule has 134 valence electrons. The van der Waals surface area contributed by atoms with E-state index in [0.29, 0.717) is 31.6 Å². The van der Waals surface area contributed by atoms with Crippen LogP contribution in [-0.4, -0.2) is 41.2 Å². The second kappa shape index (κ2) is 6.94. The molecule has 2 saturated heterocycles. The average molecular weight is 348 g/mol. The molecule has 0 saturated carbocycles. The van der Waals surface area contributed by atoms with Gasteiger partial charge in [-0.25, -0.2) is 8.78 Å². The molecule has 0 N–H and O–H groups in total. The number of rotatable bonds is 4. The number of carbonyl (C=O) groups excluding carboxylic acids is 2. The van der Waals surface area contributed by atoms with E-state index in [2.05, 4.69) is 6.58 Å². The van der Waals surface area contributed by atoms with Crippen molar-refractivity contribution in [2.45, 2.75) is 32.2 Å². The van der Waals surface area contributed by atoms with Gasteiger partial charge in [-0.3, -0.25) is 9.59 Å². The van der Waals surface area contributed by atoms with Crippen LogP contribution in [0.4, 0.5) is 8.78 Å². The molecule has 4 nitrogen and oxygen atoms in total. The lowest BCUT2D eigenvalue weighted by Crippen LogP contribution is -2.50. The second-order valence-corrected chi connectivity index (χ2v) is 6.92. The molecule has 2 heterocycles. The van der Waals surface area contributed by atoms with Gasteiger partial charge in [-0.2, -0.15) is 0 Å². The molecule has 1 atom stereocenters. The van der Waals surface area contributed by atoms with Gasteiger partial charge in [0, 0.05) is 32.6 Å². The standard InChI is InChI=1S/C19H22F2N2O2/c1-2-4-17(24)23-10-8-19(13-23)7-3-9-22(18(19)25)12-14-5-6-15(20)16(21)11-14/h2,5-6,11H,1,3-4,7-10,12-13H2. The van der Waals surface area contributed by atoms with Crippen LogP contribution >= 0.6 is 0 Å². The summed E-state index contributed by atoms with van der Waals surface area (Å²) in [5.41, 5.74) is 0.0371. The van der Waals surface area contributed by atoms with Crippen molar-refractivity contribution in [2.75, 3.05) is 19.6 Å². The summed E-state index contributed by atoms with van der Waals surface area (Å²) >= 11 is 0. The minimum absolute atomic E-state index is 0.00240. The first kappa shape index (κ1) is 17.6. The van der Waals surface area contributed by atoms with Crippen LogP contribution in [0, 0.1) is 17.0 Å². The number of carbonyl (C=O) groups is 2. The largest absolute Gasteiger partial charge is 0.341 e. The van der Waals surface area contributed by atoms with Gasteiger partial charge in [-0.05, 0) is 37.0 Å². The van der Waals surface area contributed by atoms with Crippen molar-refractivity contribution in [1.29, 1.82) is 0 Å². The van der Waals surface area contributed by atoms with E-state index in [1.165, 1.54) is 6.07 Å². The number of hydrogen-bond acceptors (Lipinski definition) is 2. The highest BCUT2D eigenvalue weighted by molar-refractivity contribution is 5.86. The Hall–Kier alpha value is -2.24. The van der Waals surface area contributed by atoms with E-state index in [1.54, 1.807) is 15.9 Å². The Labute approximate surface area is 146 Å². The van der Waals surface area contributed by atoms with E-state index in [9.17, 15) is 18.4 Å². The van der Waals surface area contributed by atoms with Gasteiger partial charge in [0.1, 0.15) is 0 Å². The monoisotopic (exact) mass is 348 g/mol. The Bertz CT molecular complexity index is 707. The summed E-state index contributed by atoms with van der Waals surface area (Å²) in [5, 5.41) is 0. The summed E-state index contributed by atoms with van der Waals surface area (Å²) in [6.07, 6.45) is 4.12. The van der Waals surface area contributed by atoms with Crippen LogP contribution in [0.25, 0.3) is 0 Å². The van der Waals surface area contributed by atoms with Crippen molar-refractivity contribution in [3.8, 4) is 0 Å². The molecular formula is C19H22F2N2O2. The maximum absolute atomic E-state index is 13.4. The van der Waals surface area contributed by atoms with Crippen molar-refractivity contribution in [1.82, 2.24) is 9.80 Å². The van der Waals surface area contributed by atoms with Crippen LogP contribution in [0.15, 0.2) is 30.9 Å². The fraction of sp³-hybridized carbons (Fsp3) is 0.474. The summed E-state index contributed by atoms with van der Waals surface area (Å²) in [5.74, 6) is -1.79. The second-order valence-electron chi connectivity index (χ2n) is 6.92. The number of amides is 2. The number of nitrogens with zero attached hydrogens (tertiary/aromatic N) is 2. The molecule has 1 aromatic carbocycles. The van der Waals surface area contributed by atoms with Crippen molar-refractivity contribution in [3.05, 3.63) is 48.1 Å². The summed E-state index contributed by atoms with van der Waals surface area (Å²) in [7, 11) is 0. The lowest BCUT2D eigenvalue weighted by molar-refractivity contribution is -0.146. The maximum atomic E-state index is 13.4. The lowest BCUT2D eigenvalue weighted by Gasteiger charge is -2.39. The predicted octanol–water partition coefficient (Wildman–Crippen LogP) is 2.88. The predicted molar refractivity (Wildman–Crippen MR) is 89.5 cm³/mol. The van der Waals surface area contributed by atoms with E-state index < -0.39 is 17.0 Å². The quantitative estimate of drug-likeness (QED) is 0.785. The van der Waals surface area contributed by atoms with E-state index in [0.717, 1.165) is 25.0 Å². The third kappa shape index (κ3) is 3.43. The van der Waals surface area contributed by atoms with E-state index in [1.807, 2.05) is 0 Å². The molecule has 6 heteroatoms. The molecule has 0 aliphatic carbocycles. The number of likely N-dealkylation sites (tertiary alicyclic amines) is 2. The third-order valence-corrected chi connectivity index (χ3v) is 5.21. The maximum Gasteiger partial charge on any atom is 0.230 e. The Morgan fingerprint density at radius 2 is 2.04 bits per heavy atom. The first-order valence-electron chi connectivity index (χ1n) is 8.57. The Kier molecular flexibility index (Phi) is 4.88. The molecular weight excluding hydrogens is 326 g/mol. The van der Waals surface area contributed by atoms with Crippen LogP contribution in [0.3, 0.4) is 0 Å². The minimum atomic E-state index is -0.904. The highest BCUT2D eigenvalue weighted by Crippen LogP contribution is 2.40. The smallest absolute Gasteiger partial charge is 0.230 e. The zero-order valence-corrected chi connectivity index (χ0v) is 14.1. The van der Waals surface area contributed by atoms with Crippen molar-refractivity contribution in [3.63, 3.8) is 0 Å². The van der Waals surface area contributed by atoms with Crippen LogP contribution < -0.4 is 0 Å². The van der Waals surface area contributed by atoms with Crippen LogP contribution in [0.1, 0.15) is 31.2 Å². The number of benzene rings is 1. The van der Waals surface area contributed by atoms with Gasteiger partial charge in [-0.1, -0.05) is 12.1 Å². The van der Waals surface area contributed by atoms with Crippen molar-refractivity contribution < 1.29 is 18.4 Å². The van der Waals surface area contributed by atoms with E-state index in [4.69, 9.17) is 0 Å². The van der Waals surface area contributed by atoms with Crippen LogP contribution in [-0.2, 0) is 16.1 Å². The highest BCUT2D eigenvalue weighted by atomic mass is 19.2. The summed E-state index contributed by atoms with van der Waals surface area (Å²) < 4.78 is 26.5. The Morgan fingerprint density at radius 1 is 1.24 bits per heavy atom. The first-order chi connectivity index (χ1) is 11.9. The van der Waals surface area contributed by atoms with Gasteiger partial charge >= 0.3 is 0 Å². The molecule has 1 aromatic rings. The normalized spacial score (nSPS) is 23.4. The van der Waals surface area contributed by atoms with Gasteiger partial charge < -0.3 is 9.80 Å². The lowest BCUT2D eigenvalue weighted by atomic mass is 9.78. The highest BCUT2D eigenvalue weighted by Gasteiger charge is 2.49. The molecule has 0 radical (unpaired) electrons. The molecule has 0 bridgehead atoms. The van der Waals surface area contributed by atoms with Gasteiger partial charge in [0.2, 0.25) is 11.8 Å². The zero-order valence-electron chi connectivity index (χ0n) is 14.1. The molecule has 1 unspecified atom stereocenters. The third-order valence-electron chi connectivity index (χ3n) is 5.21. The molecule has 3 rings (SSSR count). The summed E-state index contributed by atoms with van der Waals surface area (Å²) in [6, 6.07) is 3.72. The molecule has 2 aliphatic rings. The fourth-order valence-corrected chi connectivity index (χ4v) is 3.88. The zero-order chi connectivity index (χ0) is 18.0. The van der Waals surface area contributed by atoms with Crippen LogP contribution in [0.2, 0.25) is 0 Å². The van der Waals surface area contributed by atoms with Gasteiger partial charge in [0.15, 0.2) is 11.6 Å². The molecule has 2 aliphatic heterocycles. The van der Waals surface area contributed by atoms with Crippen molar-refractivity contribution >= 4 is 11.8 Å².